The summed E-state index contributed by atoms with van der Waals surface area (Å²) in [6, 6.07) is 9.61. The van der Waals surface area contributed by atoms with Crippen molar-refractivity contribution in [2.75, 3.05) is 31.7 Å². The molecule has 11 nitrogen and oxygen atoms in total. The minimum absolute atomic E-state index is 0.169. The number of hydrogen-bond donors (Lipinski definition) is 2. The first kappa shape index (κ1) is 20.5. The highest BCUT2D eigenvalue weighted by Gasteiger charge is 2.27. The first-order valence-corrected chi connectivity index (χ1v) is 11.7. The van der Waals surface area contributed by atoms with E-state index < -0.39 is 10.0 Å². The Bertz CT molecular complexity index is 1270. The Labute approximate surface area is 184 Å². The summed E-state index contributed by atoms with van der Waals surface area (Å²) in [6.45, 7) is 1.95. The van der Waals surface area contributed by atoms with Gasteiger partial charge in [-0.1, -0.05) is 5.21 Å². The molecule has 0 bridgehead atoms. The van der Waals surface area contributed by atoms with E-state index in [1.54, 1.807) is 41.1 Å². The first-order valence-electron chi connectivity index (χ1n) is 10.3. The van der Waals surface area contributed by atoms with Gasteiger partial charge in [0.1, 0.15) is 5.52 Å². The molecule has 0 radical (unpaired) electrons. The lowest BCUT2D eigenvalue weighted by molar-refractivity contribution is 0.174. The van der Waals surface area contributed by atoms with Gasteiger partial charge in [0.05, 0.1) is 17.0 Å². The second-order valence-corrected chi connectivity index (χ2v) is 9.46. The zero-order valence-corrected chi connectivity index (χ0v) is 18.0. The largest absolute Gasteiger partial charge is 0.454 e. The van der Waals surface area contributed by atoms with Crippen LogP contribution in [0.5, 0.6) is 11.5 Å². The molecule has 1 fully saturated rings. The highest BCUT2D eigenvalue weighted by atomic mass is 32.2. The number of nitrogens with zero attached hydrogens (tertiary/aromatic N) is 4. The molecule has 2 amide bonds. The number of urea groups is 1. The van der Waals surface area contributed by atoms with E-state index >= 15 is 0 Å². The molecule has 1 saturated heterocycles. The van der Waals surface area contributed by atoms with Crippen molar-refractivity contribution >= 4 is 32.8 Å². The van der Waals surface area contributed by atoms with E-state index in [-0.39, 0.29) is 17.7 Å². The summed E-state index contributed by atoms with van der Waals surface area (Å²) in [5.41, 5.74) is 1.78. The van der Waals surface area contributed by atoms with Gasteiger partial charge in [-0.3, -0.25) is 0 Å². The molecule has 3 heterocycles. The van der Waals surface area contributed by atoms with Crippen LogP contribution in [0, 0.1) is 0 Å². The van der Waals surface area contributed by atoms with Gasteiger partial charge in [-0.25, -0.2) is 17.9 Å². The van der Waals surface area contributed by atoms with Gasteiger partial charge in [0.2, 0.25) is 16.8 Å². The number of hydrogen-bond acceptors (Lipinski definition) is 7. The highest BCUT2D eigenvalue weighted by Crippen LogP contribution is 2.34. The maximum Gasteiger partial charge on any atom is 0.319 e. The van der Waals surface area contributed by atoms with Crippen molar-refractivity contribution in [3.8, 4) is 11.5 Å². The molecule has 1 aromatic heterocycles. The van der Waals surface area contributed by atoms with Crippen LogP contribution >= 0.6 is 0 Å². The predicted octanol–water partition coefficient (Wildman–Crippen LogP) is 1.77. The SMILES string of the molecule is O=C(NCCn1nnc2cc(S(=O)(=O)N3CCCC3)ccc21)Nc1ccc2c(c1)OCO2. The number of carbonyl (C=O) groups excluding carboxylic acids is 1. The Kier molecular flexibility index (Phi) is 5.31. The monoisotopic (exact) mass is 458 g/mol. The van der Waals surface area contributed by atoms with E-state index in [0.29, 0.717) is 54.4 Å². The maximum atomic E-state index is 12.7. The fourth-order valence-corrected chi connectivity index (χ4v) is 5.32. The van der Waals surface area contributed by atoms with Crippen LogP contribution in [-0.2, 0) is 16.6 Å². The number of anilines is 1. The van der Waals surface area contributed by atoms with Crippen LogP contribution in [0.3, 0.4) is 0 Å². The molecule has 0 aliphatic carbocycles. The van der Waals surface area contributed by atoms with Gasteiger partial charge in [0.15, 0.2) is 11.5 Å². The van der Waals surface area contributed by atoms with Crippen molar-refractivity contribution in [3.63, 3.8) is 0 Å². The normalized spacial score (nSPS) is 15.9. The fraction of sp³-hybridized carbons (Fsp3) is 0.350. The van der Waals surface area contributed by atoms with E-state index in [0.717, 1.165) is 12.8 Å². The number of nitrogens with one attached hydrogen (secondary N) is 2. The molecule has 2 N–H and O–H groups in total. The Morgan fingerprint density at radius 1 is 1.06 bits per heavy atom. The van der Waals surface area contributed by atoms with Crippen molar-refractivity contribution in [2.45, 2.75) is 24.3 Å². The van der Waals surface area contributed by atoms with Crippen molar-refractivity contribution in [3.05, 3.63) is 36.4 Å². The van der Waals surface area contributed by atoms with Crippen molar-refractivity contribution in [1.29, 1.82) is 0 Å². The number of benzene rings is 2. The van der Waals surface area contributed by atoms with Crippen LogP contribution in [0.1, 0.15) is 12.8 Å². The third-order valence-electron chi connectivity index (χ3n) is 5.43. The molecule has 2 aromatic carbocycles. The molecular weight excluding hydrogens is 436 g/mol. The molecule has 168 valence electrons. The minimum atomic E-state index is -3.51. The molecule has 0 atom stereocenters. The van der Waals surface area contributed by atoms with Gasteiger partial charge < -0.3 is 20.1 Å². The van der Waals surface area contributed by atoms with Gasteiger partial charge >= 0.3 is 6.03 Å². The Morgan fingerprint density at radius 2 is 1.88 bits per heavy atom. The molecular formula is C20H22N6O5S. The van der Waals surface area contributed by atoms with Crippen LogP contribution in [-0.4, -0.2) is 60.2 Å². The molecule has 2 aliphatic rings. The average Bonchev–Trinajstić information content (AvgIpc) is 3.54. The number of carbonyl (C=O) groups is 1. The lowest BCUT2D eigenvalue weighted by Gasteiger charge is -2.15. The summed E-state index contributed by atoms with van der Waals surface area (Å²) in [6.07, 6.45) is 1.76. The Balaban J connectivity index is 1.20. The topological polar surface area (TPSA) is 128 Å². The number of amides is 2. The average molecular weight is 459 g/mol. The summed E-state index contributed by atoms with van der Waals surface area (Å²) in [4.78, 5) is 12.4. The van der Waals surface area contributed by atoms with Crippen LogP contribution in [0.25, 0.3) is 11.0 Å². The van der Waals surface area contributed by atoms with E-state index in [9.17, 15) is 13.2 Å². The van der Waals surface area contributed by atoms with Crippen LogP contribution in [0.4, 0.5) is 10.5 Å². The highest BCUT2D eigenvalue weighted by molar-refractivity contribution is 7.89. The van der Waals surface area contributed by atoms with Gasteiger partial charge in [0, 0.05) is 31.4 Å². The van der Waals surface area contributed by atoms with Crippen LogP contribution in [0.15, 0.2) is 41.3 Å². The van der Waals surface area contributed by atoms with E-state index in [4.69, 9.17) is 9.47 Å². The number of fused-ring (bicyclic) bond motifs is 2. The summed E-state index contributed by atoms with van der Waals surface area (Å²) < 4.78 is 39.2. The molecule has 0 spiro atoms. The number of ether oxygens (including phenoxy) is 2. The van der Waals surface area contributed by atoms with E-state index in [2.05, 4.69) is 20.9 Å². The summed E-state index contributed by atoms with van der Waals surface area (Å²) in [5.74, 6) is 1.23. The quantitative estimate of drug-likeness (QED) is 0.576. The Hall–Kier alpha value is -3.38. The number of rotatable bonds is 6. The predicted molar refractivity (Wildman–Crippen MR) is 115 cm³/mol. The first-order chi connectivity index (χ1) is 15.5. The standard InChI is InChI=1S/C20H22N6O5S/c27-20(22-14-3-6-18-19(11-14)31-13-30-18)21-7-10-26-17-5-4-15(12-16(17)23-24-26)32(28,29)25-8-1-2-9-25/h3-6,11-12H,1-2,7-10,13H2,(H2,21,22,27). The molecule has 32 heavy (non-hydrogen) atoms. The molecule has 2 aliphatic heterocycles. The van der Waals surface area contributed by atoms with Gasteiger partial charge in [-0.2, -0.15) is 4.31 Å². The summed E-state index contributed by atoms with van der Waals surface area (Å²) in [7, 11) is -3.51. The zero-order valence-electron chi connectivity index (χ0n) is 17.2. The fourth-order valence-electron chi connectivity index (χ4n) is 3.78. The second-order valence-electron chi connectivity index (χ2n) is 7.52. The lowest BCUT2D eigenvalue weighted by Crippen LogP contribution is -2.31. The van der Waals surface area contributed by atoms with Crippen molar-refractivity contribution in [2.24, 2.45) is 0 Å². The number of aromatic nitrogens is 3. The molecule has 12 heteroatoms. The summed E-state index contributed by atoms with van der Waals surface area (Å²) >= 11 is 0. The zero-order chi connectivity index (χ0) is 22.1. The van der Waals surface area contributed by atoms with Gasteiger partial charge in [0.25, 0.3) is 0 Å². The lowest BCUT2D eigenvalue weighted by atomic mass is 10.3. The second kappa shape index (κ2) is 8.28. The third-order valence-corrected chi connectivity index (χ3v) is 7.32. The van der Waals surface area contributed by atoms with Crippen molar-refractivity contribution in [1.82, 2.24) is 24.6 Å². The van der Waals surface area contributed by atoms with E-state index in [1.807, 2.05) is 0 Å². The van der Waals surface area contributed by atoms with Gasteiger partial charge in [-0.05, 0) is 43.2 Å². The minimum Gasteiger partial charge on any atom is -0.454 e. The van der Waals surface area contributed by atoms with E-state index in [1.165, 1.54) is 4.31 Å². The van der Waals surface area contributed by atoms with Crippen LogP contribution in [0.2, 0.25) is 0 Å². The van der Waals surface area contributed by atoms with Crippen molar-refractivity contribution < 1.29 is 22.7 Å². The summed E-state index contributed by atoms with van der Waals surface area (Å²) in [5, 5.41) is 13.7. The molecule has 5 rings (SSSR count). The molecule has 0 unspecified atom stereocenters. The smallest absolute Gasteiger partial charge is 0.319 e. The number of sulfonamides is 1. The molecule has 3 aromatic rings. The molecule has 0 saturated carbocycles. The Morgan fingerprint density at radius 3 is 2.72 bits per heavy atom. The third kappa shape index (κ3) is 3.94. The van der Waals surface area contributed by atoms with Crippen LogP contribution < -0.4 is 20.1 Å². The maximum absolute atomic E-state index is 12.7. The van der Waals surface area contributed by atoms with Gasteiger partial charge in [-0.15, -0.1) is 5.10 Å².